The van der Waals surface area contributed by atoms with Gasteiger partial charge in [-0.3, -0.25) is 4.79 Å². The predicted molar refractivity (Wildman–Crippen MR) is 171 cm³/mol. The molecule has 2 unspecified atom stereocenters. The molecule has 3 saturated carbocycles. The van der Waals surface area contributed by atoms with Crippen LogP contribution in [0.3, 0.4) is 0 Å². The minimum atomic E-state index is -5.65. The first-order valence-electron chi connectivity index (χ1n) is 17.9. The number of carbonyl (C=O) groups is 1. The molecule has 0 saturated heterocycles. The van der Waals surface area contributed by atoms with Crippen LogP contribution in [0.25, 0.3) is 0 Å². The summed E-state index contributed by atoms with van der Waals surface area (Å²) in [5.41, 5.74) is 0.858. The number of aliphatic hydroxyl groups is 1. The molecule has 0 aromatic carbocycles. The number of hydrogen-bond donors (Lipinski definition) is 1. The van der Waals surface area contributed by atoms with Crippen LogP contribution in [0, 0.1) is 34.5 Å². The predicted octanol–water partition coefficient (Wildman–Crippen LogP) is 9.79. The van der Waals surface area contributed by atoms with Crippen LogP contribution in [0.5, 0.6) is 0 Å². The Bertz CT molecular complexity index is 1200. The van der Waals surface area contributed by atoms with Gasteiger partial charge in [0.1, 0.15) is 9.84 Å². The van der Waals surface area contributed by atoms with Crippen LogP contribution in [0.15, 0.2) is 11.6 Å². The van der Waals surface area contributed by atoms with Crippen LogP contribution >= 0.6 is 0 Å². The van der Waals surface area contributed by atoms with Crippen LogP contribution in [0.4, 0.5) is 22.0 Å². The quantitative estimate of drug-likeness (QED) is 0.130. The molecular formula is C36H57F5O4S. The number of rotatable bonds is 16. The van der Waals surface area contributed by atoms with Crippen molar-refractivity contribution in [2.24, 2.45) is 34.5 Å². The summed E-state index contributed by atoms with van der Waals surface area (Å²) >= 11 is 0. The van der Waals surface area contributed by atoms with Gasteiger partial charge in [-0.1, -0.05) is 70.8 Å². The number of hydrogen-bond acceptors (Lipinski definition) is 4. The lowest BCUT2D eigenvalue weighted by atomic mass is 9.44. The highest BCUT2D eigenvalue weighted by Crippen LogP contribution is 2.69. The molecule has 266 valence electrons. The normalized spacial score (nSPS) is 35.0. The highest BCUT2D eigenvalue weighted by molar-refractivity contribution is 7.91. The average Bonchev–Trinajstić information content (AvgIpc) is 3.19. The van der Waals surface area contributed by atoms with E-state index in [1.165, 1.54) is 18.4 Å². The molecule has 7 atom stereocenters. The number of carbonyl (C=O) groups excluding carboxylic acids is 1. The fourth-order valence-corrected chi connectivity index (χ4v) is 11.4. The van der Waals surface area contributed by atoms with E-state index in [1.54, 1.807) is 0 Å². The fourth-order valence-electron chi connectivity index (χ4n) is 9.97. The lowest BCUT2D eigenvalue weighted by molar-refractivity contribution is -0.284. The summed E-state index contributed by atoms with van der Waals surface area (Å²) < 4.78 is 86.8. The maximum absolute atomic E-state index is 13.0. The van der Waals surface area contributed by atoms with Gasteiger partial charge in [0.25, 0.3) is 0 Å². The molecule has 0 radical (unpaired) electrons. The largest absolute Gasteiger partial charge is 0.453 e. The van der Waals surface area contributed by atoms with Crippen molar-refractivity contribution in [3.05, 3.63) is 11.6 Å². The molecule has 1 N–H and O–H groups in total. The number of ketones is 1. The first kappa shape index (κ1) is 37.8. The summed E-state index contributed by atoms with van der Waals surface area (Å²) in [6.07, 6.45) is 10.8. The van der Waals surface area contributed by atoms with Gasteiger partial charge >= 0.3 is 12.1 Å². The molecule has 0 heterocycles. The minimum Gasteiger partial charge on any atom is -0.390 e. The Kier molecular flexibility index (Phi) is 11.9. The summed E-state index contributed by atoms with van der Waals surface area (Å²) in [6, 6.07) is 0. The van der Waals surface area contributed by atoms with Crippen molar-refractivity contribution in [2.45, 2.75) is 160 Å². The highest BCUT2D eigenvalue weighted by Gasteiger charge is 2.64. The van der Waals surface area contributed by atoms with Crippen molar-refractivity contribution in [1.29, 1.82) is 0 Å². The number of halogens is 5. The SMILES string of the molecule is CC1(O)CC[C@H]2[C@@H]3C(CCCCCCCCCCCS(=O)(=O)CCCC(F)(F)C(F)(F)F)CC4=CC(=O)CC[C@]4(C)[C@@H]3CC[C@@]21C. The number of sulfone groups is 1. The van der Waals surface area contributed by atoms with E-state index in [0.29, 0.717) is 42.9 Å². The van der Waals surface area contributed by atoms with Gasteiger partial charge in [0.2, 0.25) is 0 Å². The summed E-state index contributed by atoms with van der Waals surface area (Å²) in [7, 11) is -3.63. The summed E-state index contributed by atoms with van der Waals surface area (Å²) in [5.74, 6) is -3.09. The third kappa shape index (κ3) is 8.22. The molecule has 4 nitrogen and oxygen atoms in total. The van der Waals surface area contributed by atoms with Gasteiger partial charge in [0, 0.05) is 12.8 Å². The zero-order valence-electron chi connectivity index (χ0n) is 28.2. The highest BCUT2D eigenvalue weighted by atomic mass is 32.2. The standard InChI is InChI=1S/C36H57F5O4S/c1-32-19-15-28(42)25-27(32)24-26(31-29(32)16-20-33(2)30(31)17-21-34(33,3)43)14-11-9-7-5-4-6-8-10-12-22-46(44,45)23-13-18-35(37,38)36(39,40)41/h25-26,29-31,43H,4-24H2,1-3H3/t26?,29-,30+,31-,32+,33+,34?/m1/s1. The van der Waals surface area contributed by atoms with E-state index in [2.05, 4.69) is 20.8 Å². The minimum absolute atomic E-state index is 0.0347. The molecule has 0 spiro atoms. The Hall–Kier alpha value is -1.03. The van der Waals surface area contributed by atoms with E-state index in [0.717, 1.165) is 77.0 Å². The smallest absolute Gasteiger partial charge is 0.390 e. The zero-order valence-corrected chi connectivity index (χ0v) is 29.0. The molecule has 0 aliphatic heterocycles. The van der Waals surface area contributed by atoms with E-state index >= 15 is 0 Å². The topological polar surface area (TPSA) is 71.4 Å². The Morgan fingerprint density at radius 3 is 2.00 bits per heavy atom. The Balaban J connectivity index is 1.15. The van der Waals surface area contributed by atoms with Gasteiger partial charge < -0.3 is 5.11 Å². The summed E-state index contributed by atoms with van der Waals surface area (Å²) in [6.45, 7) is 6.80. The maximum Gasteiger partial charge on any atom is 0.453 e. The van der Waals surface area contributed by atoms with Crippen molar-refractivity contribution < 1.29 is 40.3 Å². The first-order chi connectivity index (χ1) is 21.3. The van der Waals surface area contributed by atoms with Crippen molar-refractivity contribution >= 4 is 15.6 Å². The molecule has 0 bridgehead atoms. The lowest BCUT2D eigenvalue weighted by Crippen LogP contribution is -2.56. The second kappa shape index (κ2) is 14.4. The molecule has 0 aromatic heterocycles. The van der Waals surface area contributed by atoms with Gasteiger partial charge in [0.05, 0.1) is 17.1 Å². The van der Waals surface area contributed by atoms with Crippen LogP contribution in [-0.2, 0) is 14.6 Å². The molecule has 46 heavy (non-hydrogen) atoms. The van der Waals surface area contributed by atoms with Gasteiger partial charge in [-0.15, -0.1) is 0 Å². The van der Waals surface area contributed by atoms with Gasteiger partial charge in [-0.05, 0) is 105 Å². The van der Waals surface area contributed by atoms with E-state index < -0.39 is 46.1 Å². The zero-order chi connectivity index (χ0) is 34.0. The van der Waals surface area contributed by atoms with Crippen LogP contribution in [0.2, 0.25) is 0 Å². The number of allylic oxidation sites excluding steroid dienone is 1. The molecule has 10 heteroatoms. The van der Waals surface area contributed by atoms with Crippen LogP contribution < -0.4 is 0 Å². The third-order valence-corrected chi connectivity index (χ3v) is 14.9. The van der Waals surface area contributed by atoms with Crippen molar-refractivity contribution in [3.8, 4) is 0 Å². The Morgan fingerprint density at radius 1 is 0.804 bits per heavy atom. The van der Waals surface area contributed by atoms with Gasteiger partial charge in [0.15, 0.2) is 5.78 Å². The number of unbranched alkanes of at least 4 members (excludes halogenated alkanes) is 8. The van der Waals surface area contributed by atoms with Crippen molar-refractivity contribution in [1.82, 2.24) is 0 Å². The maximum atomic E-state index is 13.0. The molecule has 3 fully saturated rings. The van der Waals surface area contributed by atoms with Crippen LogP contribution in [0.1, 0.15) is 143 Å². The second-order valence-electron chi connectivity index (χ2n) is 16.0. The average molecular weight is 681 g/mol. The van der Waals surface area contributed by atoms with Crippen molar-refractivity contribution in [2.75, 3.05) is 11.5 Å². The first-order valence-corrected chi connectivity index (χ1v) is 19.8. The summed E-state index contributed by atoms with van der Waals surface area (Å²) in [4.78, 5) is 12.4. The van der Waals surface area contributed by atoms with Crippen LogP contribution in [-0.4, -0.2) is 48.5 Å². The van der Waals surface area contributed by atoms with Crippen molar-refractivity contribution in [3.63, 3.8) is 0 Å². The van der Waals surface area contributed by atoms with E-state index in [1.807, 2.05) is 6.08 Å². The molecule has 4 rings (SSSR count). The van der Waals surface area contributed by atoms with E-state index in [9.17, 15) is 40.3 Å². The molecule has 0 amide bonds. The second-order valence-corrected chi connectivity index (χ2v) is 18.3. The third-order valence-electron chi connectivity index (χ3n) is 13.1. The number of alkyl halides is 5. The van der Waals surface area contributed by atoms with E-state index in [4.69, 9.17) is 0 Å². The van der Waals surface area contributed by atoms with E-state index in [-0.39, 0.29) is 22.4 Å². The number of fused-ring (bicyclic) bond motifs is 5. The molecule has 4 aliphatic carbocycles. The Labute approximate surface area is 273 Å². The monoisotopic (exact) mass is 680 g/mol. The van der Waals surface area contributed by atoms with Gasteiger partial charge in [-0.25, -0.2) is 8.42 Å². The lowest BCUT2D eigenvalue weighted by Gasteiger charge is -2.61. The van der Waals surface area contributed by atoms with Gasteiger partial charge in [-0.2, -0.15) is 22.0 Å². The molecule has 4 aliphatic rings. The fraction of sp³-hybridized carbons (Fsp3) is 0.917. The summed E-state index contributed by atoms with van der Waals surface area (Å²) in [5, 5.41) is 11.4. The molecular weight excluding hydrogens is 623 g/mol. The molecule has 0 aromatic rings. The Morgan fingerprint density at radius 2 is 1.37 bits per heavy atom.